The monoisotopic (exact) mass is 319 g/mol. The number of carboxylic acid groups (broad SMARTS) is 1. The highest BCUT2D eigenvalue weighted by atomic mass is 16.5. The molecule has 0 aromatic heterocycles. The smallest absolute Gasteiger partial charge is 0.303 e. The van der Waals surface area contributed by atoms with Gasteiger partial charge in [-0.1, -0.05) is 37.3 Å². The topological polar surface area (TPSA) is 75.6 Å². The summed E-state index contributed by atoms with van der Waals surface area (Å²) in [5, 5.41) is 11.9. The van der Waals surface area contributed by atoms with Gasteiger partial charge in [0, 0.05) is 12.5 Å². The minimum atomic E-state index is -0.847. The van der Waals surface area contributed by atoms with E-state index in [2.05, 4.69) is 12.2 Å². The fourth-order valence-corrected chi connectivity index (χ4v) is 2.91. The second kappa shape index (κ2) is 8.67. The Kier molecular flexibility index (Phi) is 6.59. The van der Waals surface area contributed by atoms with E-state index in [1.165, 1.54) is 0 Å². The first-order valence-electron chi connectivity index (χ1n) is 8.30. The number of benzene rings is 1. The van der Waals surface area contributed by atoms with Gasteiger partial charge in [0.2, 0.25) is 5.91 Å². The molecule has 1 amide bonds. The largest absolute Gasteiger partial charge is 0.481 e. The highest BCUT2D eigenvalue weighted by Crippen LogP contribution is 2.22. The van der Waals surface area contributed by atoms with Gasteiger partial charge in [0.1, 0.15) is 6.10 Å². The zero-order chi connectivity index (χ0) is 16.7. The normalized spacial score (nSPS) is 21.8. The molecule has 0 aliphatic carbocycles. The summed E-state index contributed by atoms with van der Waals surface area (Å²) in [6, 6.07) is 9.60. The Bertz CT molecular complexity index is 517. The standard InChI is InChI=1S/C18H25NO4/c1-2-15-9-10-16(23-15)18(22)19-14(8-11-17(20)21)12-13-6-4-3-5-7-13/h3-7,14-16H,2,8-12H2,1H3,(H,19,22)(H,20,21). The average molecular weight is 319 g/mol. The first-order chi connectivity index (χ1) is 11.1. The van der Waals surface area contributed by atoms with E-state index in [-0.39, 0.29) is 24.5 Å². The van der Waals surface area contributed by atoms with Crippen LogP contribution in [0.15, 0.2) is 30.3 Å². The molecular weight excluding hydrogens is 294 g/mol. The summed E-state index contributed by atoms with van der Waals surface area (Å²) < 4.78 is 5.72. The van der Waals surface area contributed by atoms with Crippen LogP contribution in [0.3, 0.4) is 0 Å². The fourth-order valence-electron chi connectivity index (χ4n) is 2.91. The van der Waals surface area contributed by atoms with E-state index in [9.17, 15) is 9.59 Å². The number of carbonyl (C=O) groups is 2. The van der Waals surface area contributed by atoms with Gasteiger partial charge in [-0.2, -0.15) is 0 Å². The van der Waals surface area contributed by atoms with Crippen LogP contribution in [-0.4, -0.2) is 35.2 Å². The Morgan fingerprint density at radius 3 is 2.65 bits per heavy atom. The highest BCUT2D eigenvalue weighted by molar-refractivity contribution is 5.81. The Morgan fingerprint density at radius 1 is 1.30 bits per heavy atom. The minimum absolute atomic E-state index is 0.0425. The second-order valence-corrected chi connectivity index (χ2v) is 6.06. The summed E-state index contributed by atoms with van der Waals surface area (Å²) in [5.41, 5.74) is 1.09. The number of amides is 1. The van der Waals surface area contributed by atoms with Gasteiger partial charge in [-0.15, -0.1) is 0 Å². The third kappa shape index (κ3) is 5.67. The molecule has 0 saturated carbocycles. The Hall–Kier alpha value is -1.88. The van der Waals surface area contributed by atoms with Crippen LogP contribution in [-0.2, 0) is 20.7 Å². The van der Waals surface area contributed by atoms with Crippen molar-refractivity contribution in [3.8, 4) is 0 Å². The van der Waals surface area contributed by atoms with Crippen molar-refractivity contribution < 1.29 is 19.4 Å². The lowest BCUT2D eigenvalue weighted by Gasteiger charge is -2.21. The molecule has 0 spiro atoms. The highest BCUT2D eigenvalue weighted by Gasteiger charge is 2.30. The van der Waals surface area contributed by atoms with E-state index in [1.54, 1.807) is 0 Å². The average Bonchev–Trinajstić information content (AvgIpc) is 3.02. The van der Waals surface area contributed by atoms with Crippen molar-refractivity contribution in [2.24, 2.45) is 0 Å². The number of aliphatic carboxylic acids is 1. The zero-order valence-electron chi connectivity index (χ0n) is 13.5. The SMILES string of the molecule is CCC1CCC(C(=O)NC(CCC(=O)O)Cc2ccccc2)O1. The molecule has 3 unspecified atom stereocenters. The molecule has 23 heavy (non-hydrogen) atoms. The van der Waals surface area contributed by atoms with Crippen molar-refractivity contribution in [2.75, 3.05) is 0 Å². The van der Waals surface area contributed by atoms with Crippen LogP contribution >= 0.6 is 0 Å². The summed E-state index contributed by atoms with van der Waals surface area (Å²) in [7, 11) is 0. The van der Waals surface area contributed by atoms with Crippen molar-refractivity contribution in [1.29, 1.82) is 0 Å². The molecule has 1 fully saturated rings. The Balaban J connectivity index is 1.93. The van der Waals surface area contributed by atoms with Gasteiger partial charge in [-0.3, -0.25) is 9.59 Å². The van der Waals surface area contributed by atoms with Crippen molar-refractivity contribution in [1.82, 2.24) is 5.32 Å². The summed E-state index contributed by atoms with van der Waals surface area (Å²) in [6.45, 7) is 2.05. The molecule has 1 heterocycles. The number of nitrogens with one attached hydrogen (secondary N) is 1. The van der Waals surface area contributed by atoms with Gasteiger partial charge in [0.15, 0.2) is 0 Å². The third-order valence-corrected chi connectivity index (χ3v) is 4.23. The fraction of sp³-hybridized carbons (Fsp3) is 0.556. The Labute approximate surface area is 137 Å². The summed E-state index contributed by atoms with van der Waals surface area (Å²) in [6.07, 6.45) is 3.41. The maximum Gasteiger partial charge on any atom is 0.303 e. The molecule has 2 rings (SSSR count). The lowest BCUT2D eigenvalue weighted by atomic mass is 10.0. The predicted molar refractivity (Wildman–Crippen MR) is 87.1 cm³/mol. The van der Waals surface area contributed by atoms with Crippen molar-refractivity contribution in [2.45, 2.75) is 63.7 Å². The predicted octanol–water partition coefficient (Wildman–Crippen LogP) is 2.54. The Morgan fingerprint density at radius 2 is 2.04 bits per heavy atom. The molecule has 2 N–H and O–H groups in total. The molecule has 5 heteroatoms. The summed E-state index contributed by atoms with van der Waals surface area (Å²) >= 11 is 0. The van der Waals surface area contributed by atoms with Crippen LogP contribution in [0.25, 0.3) is 0 Å². The summed E-state index contributed by atoms with van der Waals surface area (Å²) in [5.74, 6) is -0.965. The van der Waals surface area contributed by atoms with E-state index in [0.717, 1.165) is 24.8 Å². The van der Waals surface area contributed by atoms with Crippen LogP contribution < -0.4 is 5.32 Å². The molecule has 3 atom stereocenters. The van der Waals surface area contributed by atoms with Crippen molar-refractivity contribution in [3.63, 3.8) is 0 Å². The molecule has 1 aromatic rings. The molecule has 0 bridgehead atoms. The van der Waals surface area contributed by atoms with Crippen LogP contribution in [0.1, 0.15) is 44.6 Å². The van der Waals surface area contributed by atoms with Gasteiger partial charge < -0.3 is 15.2 Å². The van der Waals surface area contributed by atoms with E-state index >= 15 is 0 Å². The molecular formula is C18H25NO4. The van der Waals surface area contributed by atoms with Gasteiger partial charge in [-0.25, -0.2) is 0 Å². The second-order valence-electron chi connectivity index (χ2n) is 6.06. The summed E-state index contributed by atoms with van der Waals surface area (Å²) in [4.78, 5) is 23.2. The molecule has 0 radical (unpaired) electrons. The maximum absolute atomic E-state index is 12.4. The minimum Gasteiger partial charge on any atom is -0.481 e. The molecule has 1 aliphatic heterocycles. The van der Waals surface area contributed by atoms with E-state index in [4.69, 9.17) is 9.84 Å². The van der Waals surface area contributed by atoms with Gasteiger partial charge in [-0.05, 0) is 37.7 Å². The first kappa shape index (κ1) is 17.5. The number of hydrogen-bond donors (Lipinski definition) is 2. The lowest BCUT2D eigenvalue weighted by molar-refractivity contribution is -0.138. The zero-order valence-corrected chi connectivity index (χ0v) is 13.5. The number of ether oxygens (including phenoxy) is 1. The lowest BCUT2D eigenvalue weighted by Crippen LogP contribution is -2.42. The molecule has 5 nitrogen and oxygen atoms in total. The van der Waals surface area contributed by atoms with Gasteiger partial charge in [0.25, 0.3) is 0 Å². The first-order valence-corrected chi connectivity index (χ1v) is 8.30. The molecule has 1 aromatic carbocycles. The van der Waals surface area contributed by atoms with Crippen LogP contribution in [0, 0.1) is 0 Å². The number of carbonyl (C=O) groups excluding carboxylic acids is 1. The van der Waals surface area contributed by atoms with E-state index in [0.29, 0.717) is 12.8 Å². The van der Waals surface area contributed by atoms with Crippen LogP contribution in [0.4, 0.5) is 0 Å². The van der Waals surface area contributed by atoms with Crippen LogP contribution in [0.5, 0.6) is 0 Å². The third-order valence-electron chi connectivity index (χ3n) is 4.23. The number of rotatable bonds is 8. The number of carboxylic acids is 1. The van der Waals surface area contributed by atoms with Crippen molar-refractivity contribution >= 4 is 11.9 Å². The van der Waals surface area contributed by atoms with E-state index < -0.39 is 12.1 Å². The maximum atomic E-state index is 12.4. The van der Waals surface area contributed by atoms with Gasteiger partial charge >= 0.3 is 5.97 Å². The number of hydrogen-bond acceptors (Lipinski definition) is 3. The van der Waals surface area contributed by atoms with Gasteiger partial charge in [0.05, 0.1) is 6.10 Å². The molecule has 1 saturated heterocycles. The molecule has 1 aliphatic rings. The van der Waals surface area contributed by atoms with Crippen molar-refractivity contribution in [3.05, 3.63) is 35.9 Å². The quantitative estimate of drug-likeness (QED) is 0.772. The van der Waals surface area contributed by atoms with Crippen LogP contribution in [0.2, 0.25) is 0 Å². The van der Waals surface area contributed by atoms with E-state index in [1.807, 2.05) is 30.3 Å². The molecule has 126 valence electrons.